The molecular formula is C13H11ClN2O4S. The van der Waals surface area contributed by atoms with Crippen molar-refractivity contribution in [2.24, 2.45) is 11.8 Å². The molecule has 0 saturated heterocycles. The van der Waals surface area contributed by atoms with Gasteiger partial charge >= 0.3 is 0 Å². The molecule has 21 heavy (non-hydrogen) atoms. The highest BCUT2D eigenvalue weighted by Gasteiger charge is 2.44. The van der Waals surface area contributed by atoms with E-state index in [1.54, 1.807) is 0 Å². The molecule has 110 valence electrons. The molecule has 4 atom stereocenters. The summed E-state index contributed by atoms with van der Waals surface area (Å²) in [6.07, 6.45) is 5.19. The quantitative estimate of drug-likeness (QED) is 0.364. The van der Waals surface area contributed by atoms with E-state index in [4.69, 9.17) is 11.6 Å². The summed E-state index contributed by atoms with van der Waals surface area (Å²) in [5.74, 6) is 0.642. The van der Waals surface area contributed by atoms with Crippen LogP contribution in [0.5, 0.6) is 0 Å². The molecule has 2 aliphatic carbocycles. The van der Waals surface area contributed by atoms with E-state index in [-0.39, 0.29) is 22.0 Å². The summed E-state index contributed by atoms with van der Waals surface area (Å²) in [6, 6.07) is 3.75. The Labute approximate surface area is 129 Å². The van der Waals surface area contributed by atoms with Crippen LogP contribution in [0.4, 0.5) is 11.4 Å². The number of hydrogen-bond acceptors (Lipinski definition) is 5. The molecule has 0 spiro atoms. The summed E-state index contributed by atoms with van der Waals surface area (Å²) in [5.41, 5.74) is -0.508. The van der Waals surface area contributed by atoms with Crippen molar-refractivity contribution < 1.29 is 9.85 Å². The van der Waals surface area contributed by atoms with E-state index >= 15 is 0 Å². The van der Waals surface area contributed by atoms with Crippen molar-refractivity contribution in [2.75, 3.05) is 0 Å². The maximum absolute atomic E-state index is 11.1. The zero-order chi connectivity index (χ0) is 15.1. The van der Waals surface area contributed by atoms with Crippen molar-refractivity contribution in [3.8, 4) is 0 Å². The van der Waals surface area contributed by atoms with Crippen LogP contribution in [-0.4, -0.2) is 20.5 Å². The number of thioether (sulfide) groups is 1. The fourth-order valence-corrected chi connectivity index (χ4v) is 4.81. The Bertz CT molecular complexity index is 651. The van der Waals surface area contributed by atoms with Gasteiger partial charge in [-0.1, -0.05) is 12.2 Å². The average Bonchev–Trinajstić information content (AvgIpc) is 3.02. The third-order valence-electron chi connectivity index (χ3n) is 3.91. The summed E-state index contributed by atoms with van der Waals surface area (Å²) in [4.78, 5) is 21.1. The zero-order valence-electron chi connectivity index (χ0n) is 10.7. The molecule has 0 aliphatic heterocycles. The van der Waals surface area contributed by atoms with Gasteiger partial charge in [0.1, 0.15) is 0 Å². The van der Waals surface area contributed by atoms with Crippen LogP contribution in [-0.2, 0) is 0 Å². The molecule has 2 aliphatic rings. The van der Waals surface area contributed by atoms with Crippen molar-refractivity contribution in [1.29, 1.82) is 0 Å². The van der Waals surface area contributed by atoms with Crippen LogP contribution >= 0.6 is 23.4 Å². The molecule has 2 bridgehead atoms. The molecule has 0 amide bonds. The number of nitro benzene ring substituents is 2. The lowest BCUT2D eigenvalue weighted by Crippen LogP contribution is -2.22. The number of allylic oxidation sites excluding steroid dienone is 2. The Morgan fingerprint density at radius 3 is 2.43 bits per heavy atom. The van der Waals surface area contributed by atoms with Crippen molar-refractivity contribution in [1.82, 2.24) is 0 Å². The normalized spacial score (nSPS) is 29.8. The number of nitro groups is 2. The third kappa shape index (κ3) is 2.51. The van der Waals surface area contributed by atoms with Gasteiger partial charge in [0, 0.05) is 11.3 Å². The second-order valence-corrected chi connectivity index (χ2v) is 6.87. The van der Waals surface area contributed by atoms with Gasteiger partial charge in [0.2, 0.25) is 0 Å². The number of alkyl halides is 1. The van der Waals surface area contributed by atoms with Gasteiger partial charge in [-0.15, -0.1) is 23.4 Å². The first kappa shape index (κ1) is 14.3. The Morgan fingerprint density at radius 1 is 1.14 bits per heavy atom. The van der Waals surface area contributed by atoms with Gasteiger partial charge in [0.15, 0.2) is 0 Å². The standard InChI is InChI=1S/C13H11ClN2O4S/c14-12-7-1-2-8(5-7)13(12)21-11-4-3-9(15(17)18)6-10(11)16(19)20/h1-4,6-8,12-13H,5H2/t7-,8+,12-,13-/m1/s1. The van der Waals surface area contributed by atoms with Crippen molar-refractivity contribution in [3.05, 3.63) is 50.6 Å². The smallest absolute Gasteiger partial charge is 0.258 e. The van der Waals surface area contributed by atoms with Gasteiger partial charge in [-0.3, -0.25) is 20.2 Å². The largest absolute Gasteiger partial charge is 0.289 e. The average molecular weight is 327 g/mol. The summed E-state index contributed by atoms with van der Waals surface area (Å²) in [6.45, 7) is 0. The lowest BCUT2D eigenvalue weighted by molar-refractivity contribution is -0.396. The molecular weight excluding hydrogens is 316 g/mol. The first-order valence-electron chi connectivity index (χ1n) is 6.39. The Morgan fingerprint density at radius 2 is 1.86 bits per heavy atom. The predicted octanol–water partition coefficient (Wildman–Crippen LogP) is 3.78. The SMILES string of the molecule is O=[N+]([O-])c1ccc(S[C@H]2[C@H](Cl)[C@@H]3C=C[C@H]2C3)c([N+](=O)[O-])c1. The Kier molecular flexibility index (Phi) is 3.62. The molecule has 6 nitrogen and oxygen atoms in total. The molecule has 3 rings (SSSR count). The van der Waals surface area contributed by atoms with E-state index in [0.717, 1.165) is 12.5 Å². The number of hydrogen-bond donors (Lipinski definition) is 0. The van der Waals surface area contributed by atoms with Gasteiger partial charge in [-0.25, -0.2) is 0 Å². The van der Waals surface area contributed by atoms with Crippen LogP contribution in [0.2, 0.25) is 0 Å². The summed E-state index contributed by atoms with van der Waals surface area (Å²) in [7, 11) is 0. The highest BCUT2D eigenvalue weighted by Crippen LogP contribution is 2.51. The van der Waals surface area contributed by atoms with Gasteiger partial charge < -0.3 is 0 Å². The first-order valence-corrected chi connectivity index (χ1v) is 7.71. The fraction of sp³-hybridized carbons (Fsp3) is 0.385. The van der Waals surface area contributed by atoms with Crippen LogP contribution in [0.1, 0.15) is 6.42 Å². The number of benzene rings is 1. The maximum atomic E-state index is 11.1. The summed E-state index contributed by atoms with van der Waals surface area (Å²) < 4.78 is 0. The molecule has 1 saturated carbocycles. The van der Waals surface area contributed by atoms with Crippen molar-refractivity contribution in [3.63, 3.8) is 0 Å². The summed E-state index contributed by atoms with van der Waals surface area (Å²) in [5, 5.41) is 21.9. The van der Waals surface area contributed by atoms with Crippen molar-refractivity contribution in [2.45, 2.75) is 21.9 Å². The molecule has 0 N–H and O–H groups in total. The van der Waals surface area contributed by atoms with E-state index in [9.17, 15) is 20.2 Å². The number of nitrogens with zero attached hydrogens (tertiary/aromatic N) is 2. The van der Waals surface area contributed by atoms with Crippen LogP contribution in [0.15, 0.2) is 35.2 Å². The lowest BCUT2D eigenvalue weighted by atomic mass is 10.1. The minimum Gasteiger partial charge on any atom is -0.258 e. The van der Waals surface area contributed by atoms with E-state index < -0.39 is 9.85 Å². The molecule has 0 heterocycles. The Balaban J connectivity index is 1.90. The first-order chi connectivity index (χ1) is 9.97. The van der Waals surface area contributed by atoms with E-state index in [1.165, 1.54) is 23.9 Å². The number of fused-ring (bicyclic) bond motifs is 2. The number of non-ortho nitro benzene ring substituents is 1. The molecule has 0 aromatic heterocycles. The van der Waals surface area contributed by atoms with E-state index in [1.807, 2.05) is 0 Å². The van der Waals surface area contributed by atoms with Gasteiger partial charge in [0.25, 0.3) is 11.4 Å². The molecule has 0 unspecified atom stereocenters. The van der Waals surface area contributed by atoms with E-state index in [0.29, 0.717) is 16.7 Å². The molecule has 8 heteroatoms. The van der Waals surface area contributed by atoms with Gasteiger partial charge in [-0.2, -0.15) is 0 Å². The van der Waals surface area contributed by atoms with Crippen LogP contribution < -0.4 is 0 Å². The minimum atomic E-state index is -0.633. The minimum absolute atomic E-state index is 0.0557. The van der Waals surface area contributed by atoms with Gasteiger partial charge in [0.05, 0.1) is 26.2 Å². The molecule has 1 aromatic rings. The van der Waals surface area contributed by atoms with Crippen molar-refractivity contribution >= 4 is 34.7 Å². The predicted molar refractivity (Wildman–Crippen MR) is 79.8 cm³/mol. The number of halogens is 1. The van der Waals surface area contributed by atoms with Crippen LogP contribution in [0.3, 0.4) is 0 Å². The molecule has 1 fully saturated rings. The van der Waals surface area contributed by atoms with E-state index in [2.05, 4.69) is 12.2 Å². The topological polar surface area (TPSA) is 86.3 Å². The fourth-order valence-electron chi connectivity index (χ4n) is 2.88. The maximum Gasteiger partial charge on any atom is 0.289 e. The monoisotopic (exact) mass is 326 g/mol. The van der Waals surface area contributed by atoms with Crippen LogP contribution in [0.25, 0.3) is 0 Å². The second kappa shape index (κ2) is 5.31. The van der Waals surface area contributed by atoms with Crippen LogP contribution in [0, 0.1) is 32.1 Å². The second-order valence-electron chi connectivity index (χ2n) is 5.14. The number of rotatable bonds is 4. The molecule has 1 aromatic carbocycles. The zero-order valence-corrected chi connectivity index (χ0v) is 12.3. The highest BCUT2D eigenvalue weighted by molar-refractivity contribution is 8.00. The van der Waals surface area contributed by atoms with Gasteiger partial charge in [-0.05, 0) is 24.3 Å². The summed E-state index contributed by atoms with van der Waals surface area (Å²) >= 11 is 7.74. The third-order valence-corrected chi connectivity index (χ3v) is 6.17. The lowest BCUT2D eigenvalue weighted by Gasteiger charge is -2.22. The molecule has 0 radical (unpaired) electrons. The Hall–Kier alpha value is -1.60. The highest BCUT2D eigenvalue weighted by atomic mass is 35.5.